The fraction of sp³-hybridized carbons (Fsp3) is 0.667. The lowest BCUT2D eigenvalue weighted by Crippen LogP contribution is -2.46. The van der Waals surface area contributed by atoms with Crippen molar-refractivity contribution >= 4 is 18.2 Å². The first-order chi connectivity index (χ1) is 6.66. The molecular weight excluding hydrogens is 184 g/mol. The molecule has 0 spiro atoms. The SMILES string of the molecule is CC(=O)N1CCCC[C@H](N[C]=O)C1=O. The molecule has 1 heterocycles. The van der Waals surface area contributed by atoms with E-state index >= 15 is 0 Å². The van der Waals surface area contributed by atoms with E-state index in [0.717, 1.165) is 12.8 Å². The largest absolute Gasteiger partial charge is 0.336 e. The summed E-state index contributed by atoms with van der Waals surface area (Å²) in [4.78, 5) is 34.0. The minimum Gasteiger partial charge on any atom is -0.336 e. The predicted octanol–water partition coefficient (Wildman–Crippen LogP) is -0.429. The van der Waals surface area contributed by atoms with Crippen LogP contribution in [0.3, 0.4) is 0 Å². The van der Waals surface area contributed by atoms with Crippen LogP contribution in [0.1, 0.15) is 26.2 Å². The summed E-state index contributed by atoms with van der Waals surface area (Å²) in [6.45, 7) is 1.80. The van der Waals surface area contributed by atoms with Crippen LogP contribution >= 0.6 is 0 Å². The lowest BCUT2D eigenvalue weighted by molar-refractivity contribution is -0.144. The molecule has 0 bridgehead atoms. The molecule has 5 nitrogen and oxygen atoms in total. The summed E-state index contributed by atoms with van der Waals surface area (Å²) in [6, 6.07) is -0.584. The van der Waals surface area contributed by atoms with Crippen LogP contribution in [0, 0.1) is 0 Å². The molecule has 14 heavy (non-hydrogen) atoms. The number of carbonyl (C=O) groups excluding carboxylic acids is 3. The lowest BCUT2D eigenvalue weighted by atomic mass is 10.1. The van der Waals surface area contributed by atoms with Crippen LogP contribution in [-0.4, -0.2) is 35.7 Å². The first-order valence-corrected chi connectivity index (χ1v) is 4.61. The normalized spacial score (nSPS) is 22.8. The van der Waals surface area contributed by atoms with Crippen molar-refractivity contribution in [2.24, 2.45) is 0 Å². The maximum absolute atomic E-state index is 11.6. The van der Waals surface area contributed by atoms with E-state index in [1.165, 1.54) is 18.2 Å². The van der Waals surface area contributed by atoms with E-state index in [1.54, 1.807) is 0 Å². The first-order valence-electron chi connectivity index (χ1n) is 4.61. The molecule has 3 amide bonds. The highest BCUT2D eigenvalue weighted by molar-refractivity contribution is 5.97. The monoisotopic (exact) mass is 197 g/mol. The quantitative estimate of drug-likeness (QED) is 0.611. The zero-order valence-corrected chi connectivity index (χ0v) is 8.08. The number of carbonyl (C=O) groups is 2. The number of nitrogens with zero attached hydrogens (tertiary/aromatic N) is 1. The van der Waals surface area contributed by atoms with Gasteiger partial charge < -0.3 is 5.32 Å². The Labute approximate surface area is 82.4 Å². The average molecular weight is 197 g/mol. The molecule has 0 aromatic rings. The minimum atomic E-state index is -0.584. The Hall–Kier alpha value is -1.39. The molecule has 5 heteroatoms. The molecule has 77 valence electrons. The van der Waals surface area contributed by atoms with Gasteiger partial charge in [0.1, 0.15) is 6.04 Å². The Bertz CT molecular complexity index is 252. The molecule has 1 aliphatic heterocycles. The number of imide groups is 1. The number of likely N-dealkylation sites (tertiary alicyclic amines) is 1. The highest BCUT2D eigenvalue weighted by Gasteiger charge is 2.28. The molecule has 0 aromatic heterocycles. The topological polar surface area (TPSA) is 66.5 Å². The third-order valence-electron chi connectivity index (χ3n) is 2.30. The average Bonchev–Trinajstić information content (AvgIpc) is 2.30. The molecule has 1 rings (SSSR count). The van der Waals surface area contributed by atoms with E-state index < -0.39 is 6.04 Å². The minimum absolute atomic E-state index is 0.269. The van der Waals surface area contributed by atoms with Crippen molar-refractivity contribution in [2.45, 2.75) is 32.2 Å². The van der Waals surface area contributed by atoms with E-state index in [0.29, 0.717) is 13.0 Å². The van der Waals surface area contributed by atoms with Gasteiger partial charge in [-0.3, -0.25) is 19.3 Å². The second kappa shape index (κ2) is 4.74. The maximum atomic E-state index is 11.6. The summed E-state index contributed by atoms with van der Waals surface area (Å²) in [5, 5.41) is 2.31. The Morgan fingerprint density at radius 3 is 2.86 bits per heavy atom. The molecule has 1 radical (unpaired) electrons. The van der Waals surface area contributed by atoms with E-state index in [1.807, 2.05) is 0 Å². The Kier molecular flexibility index (Phi) is 3.62. The van der Waals surface area contributed by atoms with E-state index in [4.69, 9.17) is 0 Å². The summed E-state index contributed by atoms with van der Waals surface area (Å²) in [6.07, 6.45) is 3.70. The molecule has 0 saturated carbocycles. The van der Waals surface area contributed by atoms with Crippen molar-refractivity contribution in [1.82, 2.24) is 10.2 Å². The van der Waals surface area contributed by atoms with Crippen molar-refractivity contribution in [3.63, 3.8) is 0 Å². The van der Waals surface area contributed by atoms with Crippen LogP contribution in [0.4, 0.5) is 0 Å². The Morgan fingerprint density at radius 2 is 2.29 bits per heavy atom. The van der Waals surface area contributed by atoms with Crippen LogP contribution in [0.2, 0.25) is 0 Å². The van der Waals surface area contributed by atoms with Gasteiger partial charge in [-0.15, -0.1) is 0 Å². The highest BCUT2D eigenvalue weighted by atomic mass is 16.2. The van der Waals surface area contributed by atoms with Crippen LogP contribution in [0.25, 0.3) is 0 Å². The molecule has 1 N–H and O–H groups in total. The predicted molar refractivity (Wildman–Crippen MR) is 48.9 cm³/mol. The lowest BCUT2D eigenvalue weighted by Gasteiger charge is -2.20. The van der Waals surface area contributed by atoms with Crippen LogP contribution in [-0.2, 0) is 14.4 Å². The van der Waals surface area contributed by atoms with E-state index in [2.05, 4.69) is 5.32 Å². The molecule has 0 unspecified atom stereocenters. The standard InChI is InChI=1S/C9H13N2O3/c1-7(13)11-5-3-2-4-8(9(11)14)10-6-12/h8H,2-5H2,1H3,(H,10,12)/t8-/m0/s1. The molecule has 1 saturated heterocycles. The summed E-state index contributed by atoms with van der Waals surface area (Å²) < 4.78 is 0. The van der Waals surface area contributed by atoms with Gasteiger partial charge in [0.25, 0.3) is 5.91 Å². The summed E-state index contributed by atoms with van der Waals surface area (Å²) in [5.41, 5.74) is 0. The summed E-state index contributed by atoms with van der Waals surface area (Å²) in [5.74, 6) is -0.590. The van der Waals surface area contributed by atoms with E-state index in [-0.39, 0.29) is 11.8 Å². The van der Waals surface area contributed by atoms with Gasteiger partial charge in [0.2, 0.25) is 5.91 Å². The summed E-state index contributed by atoms with van der Waals surface area (Å²) >= 11 is 0. The second-order valence-corrected chi connectivity index (χ2v) is 3.30. The van der Waals surface area contributed by atoms with Gasteiger partial charge in [0.15, 0.2) is 0 Å². The van der Waals surface area contributed by atoms with Gasteiger partial charge >= 0.3 is 6.41 Å². The highest BCUT2D eigenvalue weighted by Crippen LogP contribution is 2.11. The number of hydrogen-bond donors (Lipinski definition) is 1. The Morgan fingerprint density at radius 1 is 1.57 bits per heavy atom. The van der Waals surface area contributed by atoms with Crippen molar-refractivity contribution in [3.05, 3.63) is 0 Å². The van der Waals surface area contributed by atoms with Crippen molar-refractivity contribution in [1.29, 1.82) is 0 Å². The number of amides is 3. The van der Waals surface area contributed by atoms with Gasteiger partial charge in [-0.2, -0.15) is 0 Å². The Balaban J connectivity index is 2.73. The third kappa shape index (κ3) is 2.31. The second-order valence-electron chi connectivity index (χ2n) is 3.30. The van der Waals surface area contributed by atoms with Crippen LogP contribution in [0.5, 0.6) is 0 Å². The summed E-state index contributed by atoms with van der Waals surface area (Å²) in [7, 11) is 0. The molecule has 1 aliphatic rings. The third-order valence-corrected chi connectivity index (χ3v) is 2.30. The van der Waals surface area contributed by atoms with Gasteiger partial charge in [0.05, 0.1) is 0 Å². The van der Waals surface area contributed by atoms with Gasteiger partial charge in [-0.1, -0.05) is 0 Å². The molecular formula is C9H13N2O3. The molecule has 1 atom stereocenters. The zero-order valence-electron chi connectivity index (χ0n) is 8.08. The fourth-order valence-electron chi connectivity index (χ4n) is 1.56. The van der Waals surface area contributed by atoms with Gasteiger partial charge in [-0.05, 0) is 19.3 Å². The fourth-order valence-corrected chi connectivity index (χ4v) is 1.56. The number of hydrogen-bond acceptors (Lipinski definition) is 3. The van der Waals surface area contributed by atoms with Crippen molar-refractivity contribution in [3.8, 4) is 0 Å². The number of nitrogens with one attached hydrogen (secondary N) is 1. The van der Waals surface area contributed by atoms with Crippen LogP contribution in [0.15, 0.2) is 0 Å². The first kappa shape index (κ1) is 10.7. The zero-order chi connectivity index (χ0) is 10.6. The van der Waals surface area contributed by atoms with E-state index in [9.17, 15) is 14.4 Å². The maximum Gasteiger partial charge on any atom is 0.309 e. The number of rotatable bonds is 2. The molecule has 0 aliphatic carbocycles. The molecule has 1 fully saturated rings. The van der Waals surface area contributed by atoms with Gasteiger partial charge in [0, 0.05) is 13.5 Å². The van der Waals surface area contributed by atoms with Crippen molar-refractivity contribution < 1.29 is 14.4 Å². The van der Waals surface area contributed by atoms with Crippen molar-refractivity contribution in [2.75, 3.05) is 6.54 Å². The molecule has 0 aromatic carbocycles. The van der Waals surface area contributed by atoms with Gasteiger partial charge in [-0.25, -0.2) is 0 Å². The smallest absolute Gasteiger partial charge is 0.309 e. The van der Waals surface area contributed by atoms with Crippen LogP contribution < -0.4 is 5.32 Å².